The Balaban J connectivity index is -0.0000000216. The average molecular weight is 299 g/mol. The van der Waals surface area contributed by atoms with Crippen LogP contribution in [0.5, 0.6) is 0 Å². The summed E-state index contributed by atoms with van der Waals surface area (Å²) in [6.07, 6.45) is 8.62. The zero-order valence-corrected chi connectivity index (χ0v) is 9.40. The van der Waals surface area contributed by atoms with E-state index in [1.807, 2.05) is 0 Å². The largest absolute Gasteiger partial charge is 0.0776 e. The minimum Gasteiger partial charge on any atom is -0.0776 e. The van der Waals surface area contributed by atoms with Crippen molar-refractivity contribution < 1.29 is 0 Å². The molecule has 0 fully saturated rings. The van der Waals surface area contributed by atoms with E-state index in [-0.39, 0.29) is 59.4 Å². The molecular weight excluding hydrogens is 240 g/mol. The fraction of sp³-hybridized carbons (Fsp3) is 1.00. The van der Waals surface area contributed by atoms with Gasteiger partial charge in [-0.15, -0.1) is 0 Å². The molecule has 0 aromatic carbocycles. The quantitative estimate of drug-likeness (QED) is 0.410. The highest BCUT2D eigenvalue weighted by Gasteiger charge is 1.96. The zero-order valence-electron chi connectivity index (χ0n) is 9.40. The van der Waals surface area contributed by atoms with Gasteiger partial charge in [-0.3, -0.25) is 0 Å². The normalized spacial score (nSPS) is 6.90. The predicted molar refractivity (Wildman–Crippen MR) is 111 cm³/mol. The Morgan fingerprint density at radius 2 is 0.600 bits per heavy atom. The van der Waals surface area contributed by atoms with Gasteiger partial charge in [0, 0.05) is 0 Å². The third-order valence-corrected chi connectivity index (χ3v) is 2.31. The molecule has 0 saturated carbocycles. The predicted octanol–water partition coefficient (Wildman–Crippen LogP) is 9.73. The number of unbranched alkanes of at least 4 members (excludes halogenated alkanes) is 3. The lowest BCUT2D eigenvalue weighted by atomic mass is 10.0. The number of hydrogen-bond acceptors (Lipinski definition) is 0. The van der Waals surface area contributed by atoms with Gasteiger partial charge in [-0.2, -0.15) is 0 Å². The third kappa shape index (κ3) is 64.2. The van der Waals surface area contributed by atoms with E-state index >= 15 is 0 Å². The van der Waals surface area contributed by atoms with Crippen molar-refractivity contribution >= 4 is 0 Å². The van der Waals surface area contributed by atoms with E-state index in [0.29, 0.717) is 0 Å². The first-order chi connectivity index (χ1) is 5.63. The van der Waals surface area contributed by atoms with Crippen LogP contribution in [-0.2, 0) is 0 Å². The SMILES string of the molecule is C.C.C.C.C.C.C.C.CC(C)CCCCCCC(C)C. The highest BCUT2D eigenvalue weighted by Crippen LogP contribution is 2.12. The summed E-state index contributed by atoms with van der Waals surface area (Å²) in [6.45, 7) is 9.25. The molecule has 0 aliphatic rings. The van der Waals surface area contributed by atoms with E-state index < -0.39 is 0 Å². The van der Waals surface area contributed by atoms with Gasteiger partial charge in [0.1, 0.15) is 0 Å². The van der Waals surface area contributed by atoms with Crippen LogP contribution in [0.15, 0.2) is 0 Å². The first kappa shape index (κ1) is 59.7. The zero-order chi connectivity index (χ0) is 9.40. The molecule has 0 heteroatoms. The molecule has 0 atom stereocenters. The lowest BCUT2D eigenvalue weighted by molar-refractivity contribution is 0.488. The molecule has 138 valence electrons. The van der Waals surface area contributed by atoms with Crippen LogP contribution in [0.4, 0.5) is 0 Å². The fourth-order valence-corrected chi connectivity index (χ4v) is 1.46. The van der Waals surface area contributed by atoms with E-state index in [1.54, 1.807) is 0 Å². The van der Waals surface area contributed by atoms with Gasteiger partial charge in [0.25, 0.3) is 0 Å². The fourth-order valence-electron chi connectivity index (χ4n) is 1.46. The summed E-state index contributed by atoms with van der Waals surface area (Å²) < 4.78 is 0. The molecule has 0 N–H and O–H groups in total. The maximum Gasteiger partial charge on any atom is -0.0471 e. The summed E-state index contributed by atoms with van der Waals surface area (Å²) in [6, 6.07) is 0. The van der Waals surface area contributed by atoms with E-state index in [2.05, 4.69) is 27.7 Å². The monoisotopic (exact) mass is 298 g/mol. The highest BCUT2D eigenvalue weighted by molar-refractivity contribution is 4.50. The summed E-state index contributed by atoms with van der Waals surface area (Å²) in [5.74, 6) is 1.80. The van der Waals surface area contributed by atoms with Crippen molar-refractivity contribution in [2.24, 2.45) is 11.8 Å². The second-order valence-corrected chi connectivity index (χ2v) is 4.78. The molecule has 0 radical (unpaired) electrons. The summed E-state index contributed by atoms with van der Waals surface area (Å²) in [5, 5.41) is 0. The molecular formula is C20H58. The van der Waals surface area contributed by atoms with Gasteiger partial charge < -0.3 is 0 Å². The van der Waals surface area contributed by atoms with Crippen LogP contribution in [0, 0.1) is 11.8 Å². The maximum atomic E-state index is 2.31. The summed E-state index contributed by atoms with van der Waals surface area (Å²) in [7, 11) is 0. The van der Waals surface area contributed by atoms with Crippen LogP contribution in [0.2, 0.25) is 0 Å². The first-order valence-electron chi connectivity index (χ1n) is 5.63. The number of hydrogen-bond donors (Lipinski definition) is 0. The van der Waals surface area contributed by atoms with Crippen molar-refractivity contribution in [1.29, 1.82) is 0 Å². The third-order valence-electron chi connectivity index (χ3n) is 2.31. The Kier molecular flexibility index (Phi) is 128. The summed E-state index contributed by atoms with van der Waals surface area (Å²) in [5.41, 5.74) is 0. The van der Waals surface area contributed by atoms with Gasteiger partial charge in [-0.1, -0.05) is 126 Å². The van der Waals surface area contributed by atoms with E-state index in [4.69, 9.17) is 0 Å². The molecule has 0 amide bonds. The topological polar surface area (TPSA) is 0 Å². The minimum atomic E-state index is 0. The van der Waals surface area contributed by atoms with Crippen LogP contribution < -0.4 is 0 Å². The maximum absolute atomic E-state index is 2.31. The van der Waals surface area contributed by atoms with E-state index in [9.17, 15) is 0 Å². The van der Waals surface area contributed by atoms with E-state index in [1.165, 1.54) is 38.5 Å². The van der Waals surface area contributed by atoms with Crippen molar-refractivity contribution in [2.75, 3.05) is 0 Å². The van der Waals surface area contributed by atoms with Crippen molar-refractivity contribution in [1.82, 2.24) is 0 Å². The molecule has 0 unspecified atom stereocenters. The molecule has 0 nitrogen and oxygen atoms in total. The Hall–Kier alpha value is 0. The second-order valence-electron chi connectivity index (χ2n) is 4.78. The Bertz CT molecular complexity index is 70.0. The lowest BCUT2D eigenvalue weighted by Gasteiger charge is -2.05. The van der Waals surface area contributed by atoms with Gasteiger partial charge in [0.05, 0.1) is 0 Å². The molecule has 20 heavy (non-hydrogen) atoms. The van der Waals surface area contributed by atoms with Crippen LogP contribution in [0.1, 0.15) is 126 Å². The standard InChI is InChI=1S/C12H26.8CH4/c1-11(2)9-7-5-6-8-10-12(3)4;;;;;;;;/h11-12H,5-10H2,1-4H3;8*1H4. The molecule has 0 aliphatic carbocycles. The molecule has 0 saturated heterocycles. The van der Waals surface area contributed by atoms with Gasteiger partial charge in [-0.25, -0.2) is 0 Å². The highest BCUT2D eigenvalue weighted by atomic mass is 14.0. The van der Waals surface area contributed by atoms with Gasteiger partial charge in [0.15, 0.2) is 0 Å². The van der Waals surface area contributed by atoms with Gasteiger partial charge >= 0.3 is 0 Å². The van der Waals surface area contributed by atoms with Crippen LogP contribution >= 0.6 is 0 Å². The molecule has 0 bridgehead atoms. The molecule has 0 aliphatic heterocycles. The number of rotatable bonds is 7. The lowest BCUT2D eigenvalue weighted by Crippen LogP contribution is -1.89. The van der Waals surface area contributed by atoms with Crippen molar-refractivity contribution in [2.45, 2.75) is 126 Å². The molecule has 0 heterocycles. The molecule has 0 rings (SSSR count). The van der Waals surface area contributed by atoms with Crippen LogP contribution in [0.25, 0.3) is 0 Å². The summed E-state index contributed by atoms with van der Waals surface area (Å²) in [4.78, 5) is 0. The van der Waals surface area contributed by atoms with Gasteiger partial charge in [0.2, 0.25) is 0 Å². The Morgan fingerprint density at radius 1 is 0.400 bits per heavy atom. The Morgan fingerprint density at radius 3 is 0.750 bits per heavy atom. The van der Waals surface area contributed by atoms with E-state index in [0.717, 1.165) is 11.8 Å². The van der Waals surface area contributed by atoms with Crippen LogP contribution in [0.3, 0.4) is 0 Å². The first-order valence-corrected chi connectivity index (χ1v) is 5.63. The van der Waals surface area contributed by atoms with Crippen LogP contribution in [-0.4, -0.2) is 0 Å². The van der Waals surface area contributed by atoms with Crippen molar-refractivity contribution in [3.05, 3.63) is 0 Å². The minimum absolute atomic E-state index is 0. The molecule has 0 aromatic heterocycles. The molecule has 0 aromatic rings. The van der Waals surface area contributed by atoms with Crippen molar-refractivity contribution in [3.63, 3.8) is 0 Å². The summed E-state index contributed by atoms with van der Waals surface area (Å²) >= 11 is 0. The second kappa shape index (κ2) is 42.8. The smallest absolute Gasteiger partial charge is 0.0471 e. The Labute approximate surface area is 138 Å². The average Bonchev–Trinajstić information content (AvgIpc) is 1.95. The van der Waals surface area contributed by atoms with Gasteiger partial charge in [-0.05, 0) is 11.8 Å². The van der Waals surface area contributed by atoms with Crippen molar-refractivity contribution in [3.8, 4) is 0 Å². The molecule has 0 spiro atoms.